The van der Waals surface area contributed by atoms with Gasteiger partial charge in [-0.05, 0) is 12.1 Å². The zero-order valence-electron chi connectivity index (χ0n) is 12.4. The lowest BCUT2D eigenvalue weighted by atomic mass is 10.3. The monoisotopic (exact) mass is 348 g/mol. The van der Waals surface area contributed by atoms with E-state index in [1.165, 1.54) is 5.32 Å². The second kappa shape index (κ2) is 9.38. The summed E-state index contributed by atoms with van der Waals surface area (Å²) in [6.45, 7) is -3.25. The van der Waals surface area contributed by atoms with Crippen molar-refractivity contribution in [1.82, 2.24) is 10.6 Å². The molecule has 0 aromatic heterocycles. The van der Waals surface area contributed by atoms with Crippen LogP contribution in [0.2, 0.25) is 0 Å². The maximum Gasteiger partial charge on any atom is 0.405 e. The molecule has 1 rings (SSSR count). The number of carbonyl (C=O) groups excluding carboxylic acids is 3. The second-order valence-electron chi connectivity index (χ2n) is 4.43. The minimum absolute atomic E-state index is 0.330. The molecule has 0 saturated carbocycles. The van der Waals surface area contributed by atoms with Crippen LogP contribution in [-0.4, -0.2) is 50.3 Å². The van der Waals surface area contributed by atoms with Crippen LogP contribution in [0.3, 0.4) is 0 Å². The van der Waals surface area contributed by atoms with Crippen molar-refractivity contribution in [3.05, 3.63) is 30.3 Å². The summed E-state index contributed by atoms with van der Waals surface area (Å²) in [5.41, 5.74) is 0. The molecule has 2 amide bonds. The lowest BCUT2D eigenvalue weighted by Gasteiger charge is -2.09. The molecule has 0 fully saturated rings. The molecule has 24 heavy (non-hydrogen) atoms. The van der Waals surface area contributed by atoms with Crippen molar-refractivity contribution in [2.75, 3.05) is 26.3 Å². The summed E-state index contributed by atoms with van der Waals surface area (Å²) in [6.07, 6.45) is -4.55. The fraction of sp³-hybridized carbons (Fsp3) is 0.357. The molecule has 0 atom stereocenters. The number of ether oxygens (including phenoxy) is 2. The SMILES string of the molecule is O=C(COC(=O)CNC(=O)COc1ccccc1)NCC(F)(F)F. The third kappa shape index (κ3) is 9.28. The van der Waals surface area contributed by atoms with Crippen molar-refractivity contribution >= 4 is 17.8 Å². The lowest BCUT2D eigenvalue weighted by molar-refractivity contribution is -0.151. The molecule has 0 aliphatic carbocycles. The highest BCUT2D eigenvalue weighted by Gasteiger charge is 2.27. The molecule has 0 saturated heterocycles. The summed E-state index contributed by atoms with van der Waals surface area (Å²) < 4.78 is 45.0. The predicted molar refractivity (Wildman–Crippen MR) is 75.0 cm³/mol. The number of esters is 1. The number of alkyl halides is 3. The van der Waals surface area contributed by atoms with Crippen LogP contribution in [-0.2, 0) is 19.1 Å². The molecule has 0 aliphatic heterocycles. The molecule has 0 unspecified atom stereocenters. The predicted octanol–water partition coefficient (Wildman–Crippen LogP) is 0.403. The van der Waals surface area contributed by atoms with Gasteiger partial charge in [-0.15, -0.1) is 0 Å². The molecular formula is C14H15F3N2O5. The van der Waals surface area contributed by atoms with Crippen molar-refractivity contribution in [3.8, 4) is 5.75 Å². The topological polar surface area (TPSA) is 93.7 Å². The second-order valence-corrected chi connectivity index (χ2v) is 4.43. The van der Waals surface area contributed by atoms with E-state index in [9.17, 15) is 27.6 Å². The maximum atomic E-state index is 11.8. The number of nitrogens with one attached hydrogen (secondary N) is 2. The molecule has 132 valence electrons. The highest BCUT2D eigenvalue weighted by atomic mass is 19.4. The maximum absolute atomic E-state index is 11.8. The van der Waals surface area contributed by atoms with Gasteiger partial charge in [0, 0.05) is 0 Å². The number of amides is 2. The van der Waals surface area contributed by atoms with Crippen LogP contribution >= 0.6 is 0 Å². The molecule has 0 bridgehead atoms. The van der Waals surface area contributed by atoms with Crippen molar-refractivity contribution in [1.29, 1.82) is 0 Å². The number of rotatable bonds is 8. The Morgan fingerprint density at radius 1 is 0.958 bits per heavy atom. The minimum Gasteiger partial charge on any atom is -0.484 e. The van der Waals surface area contributed by atoms with Gasteiger partial charge >= 0.3 is 12.1 Å². The Morgan fingerprint density at radius 3 is 2.21 bits per heavy atom. The summed E-state index contributed by atoms with van der Waals surface area (Å²) >= 11 is 0. The Morgan fingerprint density at radius 2 is 1.58 bits per heavy atom. The van der Waals surface area contributed by atoms with Crippen LogP contribution < -0.4 is 15.4 Å². The van der Waals surface area contributed by atoms with E-state index in [-0.39, 0.29) is 6.61 Å². The molecule has 0 heterocycles. The summed E-state index contributed by atoms with van der Waals surface area (Å²) in [5.74, 6) is -2.20. The first-order valence-electron chi connectivity index (χ1n) is 6.70. The summed E-state index contributed by atoms with van der Waals surface area (Å²) in [6, 6.07) is 8.48. The van der Waals surface area contributed by atoms with Crippen LogP contribution in [0.4, 0.5) is 13.2 Å². The van der Waals surface area contributed by atoms with E-state index >= 15 is 0 Å². The number of benzene rings is 1. The van der Waals surface area contributed by atoms with Gasteiger partial charge in [0.2, 0.25) is 0 Å². The van der Waals surface area contributed by atoms with Crippen molar-refractivity contribution < 1.29 is 37.0 Å². The van der Waals surface area contributed by atoms with Gasteiger partial charge in [-0.25, -0.2) is 0 Å². The number of halogens is 3. The number of hydrogen-bond acceptors (Lipinski definition) is 5. The van der Waals surface area contributed by atoms with Crippen LogP contribution in [0.15, 0.2) is 30.3 Å². The average Bonchev–Trinajstić information content (AvgIpc) is 2.54. The fourth-order valence-corrected chi connectivity index (χ4v) is 1.33. The van der Waals surface area contributed by atoms with E-state index in [1.54, 1.807) is 30.3 Å². The van der Waals surface area contributed by atoms with Gasteiger partial charge in [0.15, 0.2) is 13.2 Å². The smallest absolute Gasteiger partial charge is 0.405 e. The van der Waals surface area contributed by atoms with Crippen LogP contribution in [0.25, 0.3) is 0 Å². The molecule has 0 aliphatic rings. The zero-order chi connectivity index (χ0) is 18.0. The first kappa shape index (κ1) is 19.3. The van der Waals surface area contributed by atoms with Gasteiger partial charge in [-0.3, -0.25) is 14.4 Å². The third-order valence-corrected chi connectivity index (χ3v) is 2.39. The highest BCUT2D eigenvalue weighted by Crippen LogP contribution is 2.11. The Labute approximate surface area is 135 Å². The van der Waals surface area contributed by atoms with Gasteiger partial charge in [-0.2, -0.15) is 13.2 Å². The quantitative estimate of drug-likeness (QED) is 0.664. The zero-order valence-corrected chi connectivity index (χ0v) is 12.4. The van der Waals surface area contributed by atoms with Crippen molar-refractivity contribution in [2.45, 2.75) is 6.18 Å². The summed E-state index contributed by atoms with van der Waals surface area (Å²) in [5, 5.41) is 3.72. The number of hydrogen-bond donors (Lipinski definition) is 2. The first-order valence-corrected chi connectivity index (χ1v) is 6.70. The molecule has 0 spiro atoms. The van der Waals surface area contributed by atoms with E-state index in [0.29, 0.717) is 5.75 Å². The summed E-state index contributed by atoms with van der Waals surface area (Å²) in [7, 11) is 0. The van der Waals surface area contributed by atoms with Gasteiger partial charge in [0.05, 0.1) is 0 Å². The van der Waals surface area contributed by atoms with E-state index in [4.69, 9.17) is 4.74 Å². The Hall–Kier alpha value is -2.78. The standard InChI is InChI=1S/C14H15F3N2O5/c15-14(16,17)9-19-12(21)8-24-13(22)6-18-11(20)7-23-10-4-2-1-3-5-10/h1-5H,6-9H2,(H,18,20)(H,19,21). The van der Waals surface area contributed by atoms with Gasteiger partial charge < -0.3 is 20.1 Å². The molecular weight excluding hydrogens is 333 g/mol. The lowest BCUT2D eigenvalue weighted by Crippen LogP contribution is -2.38. The van der Waals surface area contributed by atoms with E-state index in [0.717, 1.165) is 0 Å². The number of para-hydroxylation sites is 1. The van der Waals surface area contributed by atoms with Crippen LogP contribution in [0.1, 0.15) is 0 Å². The van der Waals surface area contributed by atoms with Gasteiger partial charge in [0.25, 0.3) is 11.8 Å². The van der Waals surface area contributed by atoms with Gasteiger partial charge in [0.1, 0.15) is 18.8 Å². The van der Waals surface area contributed by atoms with Gasteiger partial charge in [-0.1, -0.05) is 18.2 Å². The Kier molecular flexibility index (Phi) is 7.53. The normalized spacial score (nSPS) is 10.6. The fourth-order valence-electron chi connectivity index (χ4n) is 1.33. The molecule has 2 N–H and O–H groups in total. The molecule has 10 heteroatoms. The minimum atomic E-state index is -4.55. The van der Waals surface area contributed by atoms with Crippen LogP contribution in [0, 0.1) is 0 Å². The summed E-state index contributed by atoms with van der Waals surface area (Å²) in [4.78, 5) is 33.7. The first-order chi connectivity index (χ1) is 11.3. The molecule has 0 radical (unpaired) electrons. The molecule has 1 aromatic rings. The van der Waals surface area contributed by atoms with Crippen molar-refractivity contribution in [2.24, 2.45) is 0 Å². The number of carbonyl (C=O) groups is 3. The molecule has 1 aromatic carbocycles. The van der Waals surface area contributed by atoms with Crippen LogP contribution in [0.5, 0.6) is 5.75 Å². The molecule has 7 nitrogen and oxygen atoms in total. The van der Waals surface area contributed by atoms with E-state index in [2.05, 4.69) is 10.1 Å². The average molecular weight is 348 g/mol. The highest BCUT2D eigenvalue weighted by molar-refractivity contribution is 5.84. The Bertz CT molecular complexity index is 563. The third-order valence-electron chi connectivity index (χ3n) is 2.39. The van der Waals surface area contributed by atoms with E-state index < -0.39 is 43.7 Å². The largest absolute Gasteiger partial charge is 0.484 e. The van der Waals surface area contributed by atoms with E-state index in [1.807, 2.05) is 0 Å². The Balaban J connectivity index is 2.14. The van der Waals surface area contributed by atoms with Crippen molar-refractivity contribution in [3.63, 3.8) is 0 Å².